The van der Waals surface area contributed by atoms with E-state index in [1.165, 1.54) is 0 Å². The van der Waals surface area contributed by atoms with Crippen molar-refractivity contribution in [3.63, 3.8) is 0 Å². The molecule has 0 amide bonds. The van der Waals surface area contributed by atoms with E-state index in [2.05, 4.69) is 5.32 Å². The lowest BCUT2D eigenvalue weighted by molar-refractivity contribution is 0.0626. The molecule has 1 aromatic carbocycles. The number of halogens is 2. The van der Waals surface area contributed by atoms with Crippen LogP contribution in [0, 0.1) is 0 Å². The predicted molar refractivity (Wildman–Crippen MR) is 69.4 cm³/mol. The molecule has 0 bridgehead atoms. The summed E-state index contributed by atoms with van der Waals surface area (Å²) in [7, 11) is 1.89. The van der Waals surface area contributed by atoms with Gasteiger partial charge in [0.15, 0.2) is 0 Å². The molecule has 0 saturated carbocycles. The van der Waals surface area contributed by atoms with Crippen LogP contribution in [0.2, 0.25) is 10.0 Å². The lowest BCUT2D eigenvalue weighted by Gasteiger charge is -2.19. The van der Waals surface area contributed by atoms with E-state index in [1.807, 2.05) is 33.0 Å². The Bertz CT molecular complexity index is 342. The van der Waals surface area contributed by atoms with Gasteiger partial charge in [0.2, 0.25) is 0 Å². The third-order valence-electron chi connectivity index (χ3n) is 2.28. The van der Waals surface area contributed by atoms with E-state index in [-0.39, 0.29) is 12.1 Å². The molecule has 0 aromatic heterocycles. The van der Waals surface area contributed by atoms with Crippen LogP contribution >= 0.6 is 23.2 Å². The van der Waals surface area contributed by atoms with Crippen LogP contribution in [0.25, 0.3) is 0 Å². The number of hydrogen-bond donors (Lipinski definition) is 1. The van der Waals surface area contributed by atoms with Gasteiger partial charge in [-0.3, -0.25) is 0 Å². The van der Waals surface area contributed by atoms with Gasteiger partial charge in [0, 0.05) is 10.0 Å². The maximum atomic E-state index is 6.14. The Morgan fingerprint density at radius 3 is 2.50 bits per heavy atom. The smallest absolute Gasteiger partial charge is 0.0665 e. The summed E-state index contributed by atoms with van der Waals surface area (Å²) in [6, 6.07) is 5.60. The Morgan fingerprint density at radius 1 is 1.31 bits per heavy atom. The minimum Gasteiger partial charge on any atom is -0.377 e. The minimum absolute atomic E-state index is 0.0900. The lowest BCUT2D eigenvalue weighted by Crippen LogP contribution is -2.23. The molecule has 0 aliphatic rings. The van der Waals surface area contributed by atoms with Crippen LogP contribution in [-0.4, -0.2) is 19.8 Å². The first-order valence-corrected chi connectivity index (χ1v) is 6.04. The van der Waals surface area contributed by atoms with Crippen LogP contribution in [0.5, 0.6) is 0 Å². The van der Waals surface area contributed by atoms with E-state index in [0.29, 0.717) is 16.7 Å². The van der Waals surface area contributed by atoms with Gasteiger partial charge in [-0.25, -0.2) is 0 Å². The summed E-state index contributed by atoms with van der Waals surface area (Å²) in [4.78, 5) is 0. The van der Waals surface area contributed by atoms with Gasteiger partial charge in [0.1, 0.15) is 0 Å². The van der Waals surface area contributed by atoms with Gasteiger partial charge < -0.3 is 10.1 Å². The van der Waals surface area contributed by atoms with Crippen LogP contribution in [-0.2, 0) is 4.74 Å². The van der Waals surface area contributed by atoms with Crippen molar-refractivity contribution >= 4 is 23.2 Å². The fourth-order valence-electron chi connectivity index (χ4n) is 1.40. The topological polar surface area (TPSA) is 21.3 Å². The SMILES string of the molecule is CNC(COC(C)C)c1ccc(Cl)cc1Cl. The summed E-state index contributed by atoms with van der Waals surface area (Å²) in [5, 5.41) is 4.49. The van der Waals surface area contributed by atoms with Crippen LogP contribution in [0.15, 0.2) is 18.2 Å². The second-order valence-corrected chi connectivity index (χ2v) is 4.73. The van der Waals surface area contributed by atoms with Gasteiger partial charge >= 0.3 is 0 Å². The highest BCUT2D eigenvalue weighted by Gasteiger charge is 2.13. The van der Waals surface area contributed by atoms with Gasteiger partial charge in [-0.2, -0.15) is 0 Å². The van der Waals surface area contributed by atoms with Crippen molar-refractivity contribution in [2.45, 2.75) is 26.0 Å². The van der Waals surface area contributed by atoms with Crippen LogP contribution in [0.1, 0.15) is 25.5 Å². The summed E-state index contributed by atoms with van der Waals surface area (Å²) in [5.41, 5.74) is 1.01. The van der Waals surface area contributed by atoms with Gasteiger partial charge in [-0.15, -0.1) is 0 Å². The second-order valence-electron chi connectivity index (χ2n) is 3.89. The Balaban J connectivity index is 2.78. The fraction of sp³-hybridized carbons (Fsp3) is 0.500. The summed E-state index contributed by atoms with van der Waals surface area (Å²) in [6.45, 7) is 4.61. The number of ether oxygens (including phenoxy) is 1. The quantitative estimate of drug-likeness (QED) is 0.874. The van der Waals surface area contributed by atoms with E-state index < -0.39 is 0 Å². The van der Waals surface area contributed by atoms with E-state index in [9.17, 15) is 0 Å². The Morgan fingerprint density at radius 2 is 2.00 bits per heavy atom. The average molecular weight is 262 g/mol. The molecule has 90 valence electrons. The Labute approximate surface area is 107 Å². The number of nitrogens with one attached hydrogen (secondary N) is 1. The third kappa shape index (κ3) is 3.95. The zero-order chi connectivity index (χ0) is 12.1. The van der Waals surface area contributed by atoms with Gasteiger partial charge in [0.25, 0.3) is 0 Å². The van der Waals surface area contributed by atoms with E-state index >= 15 is 0 Å². The molecule has 0 saturated heterocycles. The predicted octanol–water partition coefficient (Wildman–Crippen LogP) is 3.68. The van der Waals surface area contributed by atoms with E-state index in [1.54, 1.807) is 6.07 Å². The van der Waals surface area contributed by atoms with Gasteiger partial charge in [-0.1, -0.05) is 29.3 Å². The average Bonchev–Trinajstić information content (AvgIpc) is 2.21. The molecule has 0 fully saturated rings. The normalized spacial score (nSPS) is 13.1. The summed E-state index contributed by atoms with van der Waals surface area (Å²) in [5.74, 6) is 0. The highest BCUT2D eigenvalue weighted by Crippen LogP contribution is 2.26. The molecule has 0 aliphatic heterocycles. The van der Waals surface area contributed by atoms with Crippen molar-refractivity contribution in [3.05, 3.63) is 33.8 Å². The summed E-state index contributed by atoms with van der Waals surface area (Å²) in [6.07, 6.45) is 0.210. The Hall–Kier alpha value is -0.280. The third-order valence-corrected chi connectivity index (χ3v) is 2.85. The standard InChI is InChI=1S/C12H17Cl2NO/c1-8(2)16-7-12(15-3)10-5-4-9(13)6-11(10)14/h4-6,8,12,15H,7H2,1-3H3. The number of likely N-dealkylation sites (N-methyl/N-ethyl adjacent to an activating group) is 1. The number of benzene rings is 1. The van der Waals surface area contributed by atoms with Crippen molar-refractivity contribution in [2.24, 2.45) is 0 Å². The summed E-state index contributed by atoms with van der Waals surface area (Å²) < 4.78 is 5.58. The largest absolute Gasteiger partial charge is 0.377 e. The van der Waals surface area contributed by atoms with Crippen molar-refractivity contribution in [1.82, 2.24) is 5.32 Å². The maximum absolute atomic E-state index is 6.14. The monoisotopic (exact) mass is 261 g/mol. The summed E-state index contributed by atoms with van der Waals surface area (Å²) >= 11 is 12.0. The molecule has 1 rings (SSSR count). The molecular formula is C12H17Cl2NO. The number of rotatable bonds is 5. The van der Waals surface area contributed by atoms with Crippen LogP contribution in [0.3, 0.4) is 0 Å². The van der Waals surface area contributed by atoms with Gasteiger partial charge in [-0.05, 0) is 38.6 Å². The molecule has 0 heterocycles. The molecule has 16 heavy (non-hydrogen) atoms. The van der Waals surface area contributed by atoms with Crippen molar-refractivity contribution in [1.29, 1.82) is 0 Å². The molecule has 0 aliphatic carbocycles. The minimum atomic E-state index is 0.0900. The Kier molecular flexibility index (Phi) is 5.56. The molecule has 1 aromatic rings. The molecule has 1 atom stereocenters. The zero-order valence-corrected chi connectivity index (χ0v) is 11.3. The highest BCUT2D eigenvalue weighted by molar-refractivity contribution is 6.35. The lowest BCUT2D eigenvalue weighted by atomic mass is 10.1. The molecule has 0 spiro atoms. The van der Waals surface area contributed by atoms with Gasteiger partial charge in [0.05, 0.1) is 18.8 Å². The first kappa shape index (κ1) is 13.8. The van der Waals surface area contributed by atoms with E-state index in [0.717, 1.165) is 5.56 Å². The molecule has 1 N–H and O–H groups in total. The van der Waals surface area contributed by atoms with Crippen molar-refractivity contribution < 1.29 is 4.74 Å². The first-order chi connectivity index (χ1) is 7.54. The zero-order valence-electron chi connectivity index (χ0n) is 9.76. The van der Waals surface area contributed by atoms with Crippen LogP contribution in [0.4, 0.5) is 0 Å². The van der Waals surface area contributed by atoms with Crippen molar-refractivity contribution in [2.75, 3.05) is 13.7 Å². The molecule has 4 heteroatoms. The van der Waals surface area contributed by atoms with Crippen molar-refractivity contribution in [3.8, 4) is 0 Å². The molecule has 0 radical (unpaired) electrons. The van der Waals surface area contributed by atoms with Crippen LogP contribution < -0.4 is 5.32 Å². The molecular weight excluding hydrogens is 245 g/mol. The fourth-order valence-corrected chi connectivity index (χ4v) is 1.94. The number of hydrogen-bond acceptors (Lipinski definition) is 2. The molecule has 2 nitrogen and oxygen atoms in total. The van der Waals surface area contributed by atoms with E-state index in [4.69, 9.17) is 27.9 Å². The first-order valence-electron chi connectivity index (χ1n) is 5.28. The molecule has 1 unspecified atom stereocenters. The second kappa shape index (κ2) is 6.45. The maximum Gasteiger partial charge on any atom is 0.0665 e. The highest BCUT2D eigenvalue weighted by atomic mass is 35.5.